The molecule has 1 aromatic heterocycles. The zero-order valence-electron chi connectivity index (χ0n) is 10.5. The van der Waals surface area contributed by atoms with Crippen LogP contribution in [-0.2, 0) is 4.79 Å². The maximum atomic E-state index is 11.9. The van der Waals surface area contributed by atoms with E-state index in [-0.39, 0.29) is 17.6 Å². The molecule has 0 aliphatic carbocycles. The van der Waals surface area contributed by atoms with E-state index in [4.69, 9.17) is 9.15 Å². The quantitative estimate of drug-likeness (QED) is 0.878. The molecule has 6 heteroatoms. The van der Waals surface area contributed by atoms with E-state index in [9.17, 15) is 9.59 Å². The van der Waals surface area contributed by atoms with Crippen LogP contribution >= 0.6 is 0 Å². The third-order valence-electron chi connectivity index (χ3n) is 2.84. The smallest absolute Gasteiger partial charge is 0.291 e. The van der Waals surface area contributed by atoms with Crippen molar-refractivity contribution in [2.45, 2.75) is 6.42 Å². The number of amides is 2. The third-order valence-corrected chi connectivity index (χ3v) is 2.84. The fourth-order valence-electron chi connectivity index (χ4n) is 1.90. The molecule has 0 bridgehead atoms. The zero-order valence-corrected chi connectivity index (χ0v) is 10.5. The van der Waals surface area contributed by atoms with Gasteiger partial charge in [-0.1, -0.05) is 0 Å². The maximum Gasteiger partial charge on any atom is 0.291 e. The Hall–Kier alpha value is -2.76. The molecule has 2 heterocycles. The second-order valence-corrected chi connectivity index (χ2v) is 4.29. The van der Waals surface area contributed by atoms with Crippen molar-refractivity contribution in [3.63, 3.8) is 0 Å². The first-order valence-corrected chi connectivity index (χ1v) is 6.14. The number of rotatable bonds is 2. The molecule has 1 aromatic carbocycles. The number of hydrogen-bond donors (Lipinski definition) is 2. The van der Waals surface area contributed by atoms with Crippen molar-refractivity contribution in [2.75, 3.05) is 17.2 Å². The van der Waals surface area contributed by atoms with Gasteiger partial charge in [-0.05, 0) is 30.3 Å². The summed E-state index contributed by atoms with van der Waals surface area (Å²) in [6.45, 7) is 0.344. The van der Waals surface area contributed by atoms with Crippen molar-refractivity contribution in [3.8, 4) is 5.75 Å². The first-order valence-electron chi connectivity index (χ1n) is 6.14. The van der Waals surface area contributed by atoms with E-state index in [1.165, 1.54) is 6.26 Å². The lowest BCUT2D eigenvalue weighted by molar-refractivity contribution is -0.116. The Labute approximate surface area is 114 Å². The predicted octanol–water partition coefficient (Wildman–Crippen LogP) is 2.25. The lowest BCUT2D eigenvalue weighted by atomic mass is 10.2. The van der Waals surface area contributed by atoms with Crippen LogP contribution in [0.2, 0.25) is 0 Å². The van der Waals surface area contributed by atoms with Crippen LogP contribution in [0.1, 0.15) is 17.0 Å². The Kier molecular flexibility index (Phi) is 3.12. The van der Waals surface area contributed by atoms with Gasteiger partial charge in [-0.2, -0.15) is 0 Å². The van der Waals surface area contributed by atoms with Gasteiger partial charge < -0.3 is 19.8 Å². The molecule has 6 nitrogen and oxygen atoms in total. The highest BCUT2D eigenvalue weighted by molar-refractivity contribution is 6.03. The fraction of sp³-hybridized carbons (Fsp3) is 0.143. The molecule has 0 fully saturated rings. The summed E-state index contributed by atoms with van der Waals surface area (Å²) in [5.41, 5.74) is 1.10. The van der Waals surface area contributed by atoms with E-state index in [0.717, 1.165) is 0 Å². The lowest BCUT2D eigenvalue weighted by Crippen LogP contribution is -2.12. The molecule has 2 aromatic rings. The second-order valence-electron chi connectivity index (χ2n) is 4.29. The van der Waals surface area contributed by atoms with Gasteiger partial charge in [0.25, 0.3) is 5.91 Å². The molecule has 2 amide bonds. The van der Waals surface area contributed by atoms with Gasteiger partial charge in [-0.3, -0.25) is 9.59 Å². The molecule has 0 atom stereocenters. The minimum atomic E-state index is -0.351. The Morgan fingerprint density at radius 3 is 3.00 bits per heavy atom. The molecule has 0 unspecified atom stereocenters. The number of hydrogen-bond acceptors (Lipinski definition) is 4. The summed E-state index contributed by atoms with van der Waals surface area (Å²) < 4.78 is 10.4. The fourth-order valence-corrected chi connectivity index (χ4v) is 1.90. The van der Waals surface area contributed by atoms with Crippen LogP contribution in [0.3, 0.4) is 0 Å². The van der Waals surface area contributed by atoms with Crippen LogP contribution in [0.5, 0.6) is 5.75 Å². The van der Waals surface area contributed by atoms with Crippen molar-refractivity contribution in [1.29, 1.82) is 0 Å². The SMILES string of the molecule is O=C1CCOc2ccc(NC(=O)c3ccco3)cc2N1. The van der Waals surface area contributed by atoms with Crippen LogP contribution in [0.4, 0.5) is 11.4 Å². The maximum absolute atomic E-state index is 11.9. The summed E-state index contributed by atoms with van der Waals surface area (Å²) in [5, 5.41) is 5.42. The first kappa shape index (κ1) is 12.3. The summed E-state index contributed by atoms with van der Waals surface area (Å²) in [6.07, 6.45) is 1.74. The molecule has 1 aliphatic rings. The summed E-state index contributed by atoms with van der Waals surface area (Å²) in [4.78, 5) is 23.3. The van der Waals surface area contributed by atoms with E-state index in [1.807, 2.05) is 0 Å². The number of carbonyl (C=O) groups is 2. The molecule has 102 valence electrons. The summed E-state index contributed by atoms with van der Waals surface area (Å²) in [5.74, 6) is 0.348. The van der Waals surface area contributed by atoms with Crippen LogP contribution in [0.25, 0.3) is 0 Å². The first-order chi connectivity index (χ1) is 9.72. The Morgan fingerprint density at radius 2 is 2.20 bits per heavy atom. The summed E-state index contributed by atoms with van der Waals surface area (Å²) in [7, 11) is 0. The van der Waals surface area contributed by atoms with Crippen molar-refractivity contribution < 1.29 is 18.7 Å². The number of nitrogens with one attached hydrogen (secondary N) is 2. The van der Waals surface area contributed by atoms with Crippen molar-refractivity contribution in [1.82, 2.24) is 0 Å². The Morgan fingerprint density at radius 1 is 1.30 bits per heavy atom. The monoisotopic (exact) mass is 272 g/mol. The Balaban J connectivity index is 1.81. The van der Waals surface area contributed by atoms with Crippen molar-refractivity contribution in [3.05, 3.63) is 42.4 Å². The summed E-state index contributed by atoms with van der Waals surface area (Å²) >= 11 is 0. The van der Waals surface area contributed by atoms with E-state index in [1.54, 1.807) is 30.3 Å². The zero-order chi connectivity index (χ0) is 13.9. The normalized spacial score (nSPS) is 13.7. The minimum Gasteiger partial charge on any atom is -0.491 e. The molecule has 20 heavy (non-hydrogen) atoms. The standard InChI is InChI=1S/C14H12N2O4/c17-13-5-7-20-11-4-3-9(8-10(11)16-13)15-14(18)12-2-1-6-19-12/h1-4,6,8H,5,7H2,(H,15,18)(H,16,17). The van der Waals surface area contributed by atoms with Crippen LogP contribution in [-0.4, -0.2) is 18.4 Å². The minimum absolute atomic E-state index is 0.113. The number of fused-ring (bicyclic) bond motifs is 1. The van der Waals surface area contributed by atoms with E-state index < -0.39 is 0 Å². The molecular weight excluding hydrogens is 260 g/mol. The van der Waals surface area contributed by atoms with Gasteiger partial charge in [0.2, 0.25) is 5.91 Å². The highest BCUT2D eigenvalue weighted by Gasteiger charge is 2.15. The molecule has 0 radical (unpaired) electrons. The van der Waals surface area contributed by atoms with Gasteiger partial charge in [0, 0.05) is 5.69 Å². The largest absolute Gasteiger partial charge is 0.491 e. The van der Waals surface area contributed by atoms with E-state index >= 15 is 0 Å². The van der Waals surface area contributed by atoms with Gasteiger partial charge in [0.1, 0.15) is 5.75 Å². The molecular formula is C14H12N2O4. The molecule has 0 saturated carbocycles. The molecule has 0 spiro atoms. The van der Waals surface area contributed by atoms with Crippen molar-refractivity contribution >= 4 is 23.2 Å². The molecule has 2 N–H and O–H groups in total. The molecule has 3 rings (SSSR count). The lowest BCUT2D eigenvalue weighted by Gasteiger charge is -2.09. The topological polar surface area (TPSA) is 80.6 Å². The van der Waals surface area contributed by atoms with Gasteiger partial charge in [-0.15, -0.1) is 0 Å². The number of furan rings is 1. The number of ether oxygens (including phenoxy) is 1. The second kappa shape index (κ2) is 5.08. The highest BCUT2D eigenvalue weighted by Crippen LogP contribution is 2.30. The van der Waals surface area contributed by atoms with Gasteiger partial charge in [-0.25, -0.2) is 0 Å². The average Bonchev–Trinajstić information content (AvgIpc) is 2.89. The van der Waals surface area contributed by atoms with Gasteiger partial charge in [0.05, 0.1) is 25.0 Å². The van der Waals surface area contributed by atoms with Crippen LogP contribution < -0.4 is 15.4 Å². The summed E-state index contributed by atoms with van der Waals surface area (Å²) in [6, 6.07) is 8.28. The van der Waals surface area contributed by atoms with Gasteiger partial charge >= 0.3 is 0 Å². The third kappa shape index (κ3) is 2.49. The van der Waals surface area contributed by atoms with Crippen LogP contribution in [0, 0.1) is 0 Å². The van der Waals surface area contributed by atoms with Crippen LogP contribution in [0.15, 0.2) is 41.0 Å². The van der Waals surface area contributed by atoms with Gasteiger partial charge in [0.15, 0.2) is 5.76 Å². The van der Waals surface area contributed by atoms with E-state index in [0.29, 0.717) is 30.2 Å². The number of anilines is 2. The Bertz CT molecular complexity index is 649. The average molecular weight is 272 g/mol. The number of benzene rings is 1. The highest BCUT2D eigenvalue weighted by atomic mass is 16.5. The van der Waals surface area contributed by atoms with E-state index in [2.05, 4.69) is 10.6 Å². The van der Waals surface area contributed by atoms with Crippen molar-refractivity contribution in [2.24, 2.45) is 0 Å². The number of carbonyl (C=O) groups excluding carboxylic acids is 2. The predicted molar refractivity (Wildman–Crippen MR) is 71.8 cm³/mol. The molecule has 1 aliphatic heterocycles. The molecule has 0 saturated heterocycles.